The van der Waals surface area contributed by atoms with Crippen LogP contribution in [0.25, 0.3) is 0 Å². The van der Waals surface area contributed by atoms with Crippen LogP contribution in [-0.2, 0) is 0 Å². The Kier molecular flexibility index (Phi) is 7.48. The van der Waals surface area contributed by atoms with E-state index in [4.69, 9.17) is 18.9 Å². The van der Waals surface area contributed by atoms with E-state index in [-0.39, 0.29) is 5.91 Å². The number of hydrazone groups is 1. The summed E-state index contributed by atoms with van der Waals surface area (Å²) in [6.07, 6.45) is 1.52. The second-order valence-corrected chi connectivity index (χ2v) is 6.12. The SMILES string of the molecule is CCOc1cc(/C=N\NC(=O)c2cc(OC)cc(OC)c2)cc(Br)c1OC. The predicted molar refractivity (Wildman–Crippen MR) is 106 cm³/mol. The summed E-state index contributed by atoms with van der Waals surface area (Å²) in [5, 5.41) is 4.00. The average Bonchev–Trinajstić information content (AvgIpc) is 2.67. The van der Waals surface area contributed by atoms with E-state index in [1.165, 1.54) is 20.4 Å². The maximum atomic E-state index is 12.3. The summed E-state index contributed by atoms with van der Waals surface area (Å²) in [5.41, 5.74) is 3.58. The van der Waals surface area contributed by atoms with Gasteiger partial charge in [0.2, 0.25) is 0 Å². The normalized spacial score (nSPS) is 10.6. The molecule has 0 bridgehead atoms. The van der Waals surface area contributed by atoms with E-state index in [1.807, 2.05) is 13.0 Å². The number of hydrogen-bond acceptors (Lipinski definition) is 6. The number of benzene rings is 2. The molecule has 0 radical (unpaired) electrons. The van der Waals surface area contributed by atoms with Gasteiger partial charge in [-0.25, -0.2) is 5.43 Å². The first kappa shape index (κ1) is 20.6. The van der Waals surface area contributed by atoms with Gasteiger partial charge in [0.25, 0.3) is 5.91 Å². The molecule has 0 atom stereocenters. The summed E-state index contributed by atoms with van der Waals surface area (Å²) < 4.78 is 21.9. The molecule has 7 nitrogen and oxygen atoms in total. The Morgan fingerprint density at radius 1 is 1.07 bits per heavy atom. The maximum absolute atomic E-state index is 12.3. The molecule has 0 aliphatic heterocycles. The number of amides is 1. The molecule has 2 aromatic rings. The molecule has 0 spiro atoms. The molecule has 0 saturated heterocycles. The van der Waals surface area contributed by atoms with Gasteiger partial charge in [-0.05, 0) is 52.7 Å². The van der Waals surface area contributed by atoms with Gasteiger partial charge < -0.3 is 18.9 Å². The monoisotopic (exact) mass is 436 g/mol. The van der Waals surface area contributed by atoms with Crippen LogP contribution in [0, 0.1) is 0 Å². The van der Waals surface area contributed by atoms with Crippen LogP contribution in [0.15, 0.2) is 39.9 Å². The van der Waals surface area contributed by atoms with Gasteiger partial charge in [0.1, 0.15) is 11.5 Å². The molecule has 2 rings (SSSR count). The summed E-state index contributed by atoms with van der Waals surface area (Å²) in [6, 6.07) is 8.47. The summed E-state index contributed by atoms with van der Waals surface area (Å²) in [7, 11) is 4.61. The lowest BCUT2D eigenvalue weighted by Crippen LogP contribution is -2.17. The van der Waals surface area contributed by atoms with Crippen molar-refractivity contribution >= 4 is 28.1 Å². The Balaban J connectivity index is 2.16. The Morgan fingerprint density at radius 2 is 1.74 bits per heavy atom. The van der Waals surface area contributed by atoms with E-state index in [0.29, 0.717) is 35.2 Å². The number of methoxy groups -OCH3 is 3. The van der Waals surface area contributed by atoms with Crippen molar-refractivity contribution in [2.45, 2.75) is 6.92 Å². The third kappa shape index (κ3) is 5.37. The molecule has 0 unspecified atom stereocenters. The molecule has 0 aliphatic rings. The Hall–Kier alpha value is -2.74. The number of nitrogens with one attached hydrogen (secondary N) is 1. The van der Waals surface area contributed by atoms with Crippen molar-refractivity contribution in [3.05, 3.63) is 45.9 Å². The third-order valence-corrected chi connectivity index (χ3v) is 4.12. The maximum Gasteiger partial charge on any atom is 0.271 e. The van der Waals surface area contributed by atoms with Gasteiger partial charge in [-0.15, -0.1) is 0 Å². The zero-order valence-corrected chi connectivity index (χ0v) is 17.1. The fourth-order valence-corrected chi connectivity index (χ4v) is 2.91. The number of halogens is 1. The van der Waals surface area contributed by atoms with E-state index >= 15 is 0 Å². The molecule has 27 heavy (non-hydrogen) atoms. The molecule has 0 aliphatic carbocycles. The first-order valence-corrected chi connectivity index (χ1v) is 8.88. The molecule has 1 amide bonds. The van der Waals surface area contributed by atoms with Gasteiger partial charge in [0.15, 0.2) is 11.5 Å². The summed E-state index contributed by atoms with van der Waals surface area (Å²) in [5.74, 6) is 1.83. The summed E-state index contributed by atoms with van der Waals surface area (Å²) in [4.78, 5) is 12.3. The zero-order valence-electron chi connectivity index (χ0n) is 15.5. The lowest BCUT2D eigenvalue weighted by atomic mass is 10.2. The van der Waals surface area contributed by atoms with Gasteiger partial charge in [0, 0.05) is 11.6 Å². The van der Waals surface area contributed by atoms with Crippen LogP contribution in [-0.4, -0.2) is 40.1 Å². The molecule has 0 aromatic heterocycles. The van der Waals surface area contributed by atoms with Gasteiger partial charge in [-0.1, -0.05) is 0 Å². The van der Waals surface area contributed by atoms with E-state index in [0.717, 1.165) is 10.0 Å². The quantitative estimate of drug-likeness (QED) is 0.504. The lowest BCUT2D eigenvalue weighted by molar-refractivity contribution is 0.0954. The van der Waals surface area contributed by atoms with Gasteiger partial charge in [-0.3, -0.25) is 4.79 Å². The molecule has 8 heteroatoms. The van der Waals surface area contributed by atoms with E-state index in [1.54, 1.807) is 31.4 Å². The highest BCUT2D eigenvalue weighted by molar-refractivity contribution is 9.10. The molecule has 144 valence electrons. The minimum Gasteiger partial charge on any atom is -0.497 e. The molecular formula is C19H21BrN2O5. The van der Waals surface area contributed by atoms with E-state index in [2.05, 4.69) is 26.5 Å². The predicted octanol–water partition coefficient (Wildman–Crippen LogP) is 3.64. The largest absolute Gasteiger partial charge is 0.497 e. The second-order valence-electron chi connectivity index (χ2n) is 5.27. The highest BCUT2D eigenvalue weighted by Crippen LogP contribution is 2.36. The topological polar surface area (TPSA) is 78.4 Å². The van der Waals surface area contributed by atoms with Crippen molar-refractivity contribution in [1.82, 2.24) is 5.43 Å². The number of carbonyl (C=O) groups excluding carboxylic acids is 1. The van der Waals surface area contributed by atoms with Gasteiger partial charge in [0.05, 0.1) is 38.6 Å². The van der Waals surface area contributed by atoms with E-state index < -0.39 is 0 Å². The number of hydrogen-bond donors (Lipinski definition) is 1. The minimum atomic E-state index is -0.388. The molecular weight excluding hydrogens is 416 g/mol. The molecule has 2 aromatic carbocycles. The summed E-state index contributed by atoms with van der Waals surface area (Å²) in [6.45, 7) is 2.38. The Morgan fingerprint density at radius 3 is 2.30 bits per heavy atom. The Labute approximate surface area is 166 Å². The van der Waals surface area contributed by atoms with Crippen molar-refractivity contribution in [2.75, 3.05) is 27.9 Å². The fourth-order valence-electron chi connectivity index (χ4n) is 2.29. The number of ether oxygens (including phenoxy) is 4. The van der Waals surface area contributed by atoms with Gasteiger partial charge >= 0.3 is 0 Å². The van der Waals surface area contributed by atoms with Crippen LogP contribution in [0.2, 0.25) is 0 Å². The highest BCUT2D eigenvalue weighted by atomic mass is 79.9. The molecule has 0 heterocycles. The molecule has 0 fully saturated rings. The zero-order chi connectivity index (χ0) is 19.8. The highest BCUT2D eigenvalue weighted by Gasteiger charge is 2.11. The van der Waals surface area contributed by atoms with Crippen LogP contribution in [0.3, 0.4) is 0 Å². The summed E-state index contributed by atoms with van der Waals surface area (Å²) >= 11 is 3.44. The lowest BCUT2D eigenvalue weighted by Gasteiger charge is -2.11. The van der Waals surface area contributed by atoms with Crippen molar-refractivity contribution in [2.24, 2.45) is 5.10 Å². The third-order valence-electron chi connectivity index (χ3n) is 3.53. The van der Waals surface area contributed by atoms with Crippen LogP contribution in [0.5, 0.6) is 23.0 Å². The van der Waals surface area contributed by atoms with E-state index in [9.17, 15) is 4.79 Å². The second kappa shape index (κ2) is 9.82. The number of rotatable bonds is 8. The van der Waals surface area contributed by atoms with Gasteiger partial charge in [-0.2, -0.15) is 5.10 Å². The minimum absolute atomic E-state index is 0.370. The smallest absolute Gasteiger partial charge is 0.271 e. The fraction of sp³-hybridized carbons (Fsp3) is 0.263. The van der Waals surface area contributed by atoms with Crippen molar-refractivity contribution in [1.29, 1.82) is 0 Å². The van der Waals surface area contributed by atoms with Crippen molar-refractivity contribution < 1.29 is 23.7 Å². The first-order valence-electron chi connectivity index (χ1n) is 8.09. The van der Waals surface area contributed by atoms with Crippen LogP contribution >= 0.6 is 15.9 Å². The standard InChI is InChI=1S/C19H21BrN2O5/c1-5-27-17-7-12(6-16(20)18(17)26-4)11-21-22-19(23)13-8-14(24-2)10-15(9-13)25-3/h6-11H,5H2,1-4H3,(H,22,23)/b21-11-. The van der Waals surface area contributed by atoms with Crippen molar-refractivity contribution in [3.63, 3.8) is 0 Å². The first-order chi connectivity index (χ1) is 13.0. The van der Waals surface area contributed by atoms with Crippen LogP contribution < -0.4 is 24.4 Å². The number of carbonyl (C=O) groups is 1. The van der Waals surface area contributed by atoms with Crippen molar-refractivity contribution in [3.8, 4) is 23.0 Å². The number of nitrogens with zero attached hydrogens (tertiary/aromatic N) is 1. The Bertz CT molecular complexity index is 817. The molecule has 0 saturated carbocycles. The average molecular weight is 437 g/mol. The van der Waals surface area contributed by atoms with Crippen LogP contribution in [0.4, 0.5) is 0 Å². The van der Waals surface area contributed by atoms with Crippen LogP contribution in [0.1, 0.15) is 22.8 Å². The molecule has 1 N–H and O–H groups in total.